The molecule has 2 atom stereocenters. The molecule has 6 rings (SSSR count). The molecule has 2 unspecified atom stereocenters. The molecule has 43 heavy (non-hydrogen) atoms. The Balaban J connectivity index is 0.000000223. The van der Waals surface area contributed by atoms with E-state index in [0.717, 1.165) is 12.8 Å². The van der Waals surface area contributed by atoms with Crippen LogP contribution in [0.1, 0.15) is 49.9 Å². The van der Waals surface area contributed by atoms with Gasteiger partial charge in [-0.2, -0.15) is 24.3 Å². The normalized spacial score (nSPS) is 13.5. The van der Waals surface area contributed by atoms with Gasteiger partial charge in [0, 0.05) is 60.1 Å². The van der Waals surface area contributed by atoms with Gasteiger partial charge in [0.1, 0.15) is 0 Å². The Bertz CT molecular complexity index is 1320. The molecule has 2 aromatic heterocycles. The molecule has 0 amide bonds. The van der Waals surface area contributed by atoms with Gasteiger partial charge in [-0.25, -0.2) is 41.9 Å². The summed E-state index contributed by atoms with van der Waals surface area (Å²) in [5.41, 5.74) is 0.977. The molecule has 4 aromatic rings. The third-order valence-corrected chi connectivity index (χ3v) is 6.36. The number of rotatable bonds is 6. The fourth-order valence-electron chi connectivity index (χ4n) is 4.07. The Morgan fingerprint density at radius 3 is 1.26 bits per heavy atom. The first-order chi connectivity index (χ1) is 20.3. The van der Waals surface area contributed by atoms with Gasteiger partial charge in [-0.05, 0) is 38.1 Å². The fourth-order valence-corrected chi connectivity index (χ4v) is 4.07. The van der Waals surface area contributed by atoms with E-state index in [1.165, 1.54) is 24.3 Å². The topological polar surface area (TPSA) is 9.86 Å². The SMILES string of the molecule is CC(Cc1ccc(F)[c-]c1F)n1cccc1.CC(Cc1ccc(F)[c-]c1F)n1cccc1.[C-]1=CC=CC1.[C-]1=CC=CC1.[Ti+4]. The molecule has 0 aliphatic heterocycles. The number of hydrogen-bond acceptors (Lipinski definition) is 0. The van der Waals surface area contributed by atoms with Crippen LogP contribution in [0.5, 0.6) is 0 Å². The monoisotopic (exact) mass is 618 g/mol. The van der Waals surface area contributed by atoms with Crippen molar-refractivity contribution < 1.29 is 39.3 Å². The third-order valence-electron chi connectivity index (χ3n) is 6.36. The first-order valence-corrected chi connectivity index (χ1v) is 13.7. The van der Waals surface area contributed by atoms with Crippen LogP contribution < -0.4 is 0 Å². The average Bonchev–Trinajstić information content (AvgIpc) is 3.82. The van der Waals surface area contributed by atoms with Crippen molar-refractivity contribution in [3.8, 4) is 0 Å². The number of aromatic nitrogens is 2. The van der Waals surface area contributed by atoms with Gasteiger partial charge in [0.25, 0.3) is 0 Å². The summed E-state index contributed by atoms with van der Waals surface area (Å²) in [7, 11) is 0. The van der Waals surface area contributed by atoms with E-state index in [-0.39, 0.29) is 33.8 Å². The van der Waals surface area contributed by atoms with Crippen molar-refractivity contribution >= 4 is 0 Å². The van der Waals surface area contributed by atoms with E-state index < -0.39 is 23.3 Å². The van der Waals surface area contributed by atoms with Gasteiger partial charge < -0.3 is 9.13 Å². The first-order valence-electron chi connectivity index (χ1n) is 13.7. The fraction of sp³-hybridized carbons (Fsp3) is 0.222. The van der Waals surface area contributed by atoms with Gasteiger partial charge in [0.05, 0.1) is 0 Å². The van der Waals surface area contributed by atoms with Crippen molar-refractivity contribution in [1.29, 1.82) is 0 Å². The molecule has 0 saturated heterocycles. The summed E-state index contributed by atoms with van der Waals surface area (Å²) in [5, 5.41) is 0. The summed E-state index contributed by atoms with van der Waals surface area (Å²) in [5.74, 6) is -2.51. The average molecular weight is 619 g/mol. The predicted molar refractivity (Wildman–Crippen MR) is 159 cm³/mol. The Morgan fingerprint density at radius 2 is 1.00 bits per heavy atom. The van der Waals surface area contributed by atoms with Gasteiger partial charge in [-0.1, -0.05) is 12.8 Å². The maximum atomic E-state index is 13.3. The quantitative estimate of drug-likeness (QED) is 0.116. The van der Waals surface area contributed by atoms with E-state index >= 15 is 0 Å². The van der Waals surface area contributed by atoms with Crippen molar-refractivity contribution in [2.45, 2.75) is 51.6 Å². The van der Waals surface area contributed by atoms with Gasteiger partial charge in [-0.3, -0.25) is 12.2 Å². The van der Waals surface area contributed by atoms with E-state index in [2.05, 4.69) is 24.3 Å². The van der Waals surface area contributed by atoms with Crippen molar-refractivity contribution in [2.24, 2.45) is 0 Å². The smallest absolute Gasteiger partial charge is 0.352 e. The standard InChI is InChI=1S/2C13H12F2N.2C5H5.Ti/c2*1-10(16-6-2-3-7-16)8-11-4-5-12(14)9-13(11)15;2*1-2-4-5-3-1;/h2*2-7,10H,8H2,1H3;2*1-3H,4H2;/q4*-1;+4. The molecule has 2 aromatic carbocycles. The number of benzene rings is 2. The van der Waals surface area contributed by atoms with Crippen LogP contribution in [0, 0.1) is 47.6 Å². The Labute approximate surface area is 267 Å². The second kappa shape index (κ2) is 19.6. The minimum Gasteiger partial charge on any atom is -0.352 e. The Morgan fingerprint density at radius 1 is 0.628 bits per heavy atom. The zero-order valence-corrected chi connectivity index (χ0v) is 25.8. The van der Waals surface area contributed by atoms with Crippen molar-refractivity contribution in [2.75, 3.05) is 0 Å². The summed E-state index contributed by atoms with van der Waals surface area (Å²) in [6.07, 6.45) is 28.8. The molecular formula is C36H34F4N2Ti. The maximum Gasteiger partial charge on any atom is 4.00 e. The van der Waals surface area contributed by atoms with E-state index in [9.17, 15) is 17.6 Å². The van der Waals surface area contributed by atoms with Crippen molar-refractivity contribution in [1.82, 2.24) is 9.13 Å². The van der Waals surface area contributed by atoms with Gasteiger partial charge in [0.15, 0.2) is 0 Å². The van der Waals surface area contributed by atoms with Crippen LogP contribution in [0.4, 0.5) is 17.6 Å². The zero-order chi connectivity index (χ0) is 30.2. The molecule has 0 fully saturated rings. The van der Waals surface area contributed by atoms with Gasteiger partial charge in [0.2, 0.25) is 0 Å². The van der Waals surface area contributed by atoms with Gasteiger partial charge in [-0.15, -0.1) is 48.2 Å². The van der Waals surface area contributed by atoms with Crippen LogP contribution in [0.3, 0.4) is 0 Å². The minimum atomic E-state index is -0.658. The van der Waals surface area contributed by atoms with E-state index in [1.807, 2.05) is 108 Å². The molecule has 2 aliphatic rings. The second-order valence-corrected chi connectivity index (χ2v) is 9.66. The molecule has 0 saturated carbocycles. The molecule has 2 aliphatic carbocycles. The van der Waals surface area contributed by atoms with Crippen molar-refractivity contribution in [3.05, 3.63) is 168 Å². The molecule has 2 nitrogen and oxygen atoms in total. The summed E-state index contributed by atoms with van der Waals surface area (Å²) < 4.78 is 56.0. The van der Waals surface area contributed by atoms with E-state index in [1.54, 1.807) is 0 Å². The van der Waals surface area contributed by atoms with E-state index in [4.69, 9.17) is 0 Å². The van der Waals surface area contributed by atoms with Crippen LogP contribution in [0.2, 0.25) is 0 Å². The number of allylic oxidation sites excluding steroid dienone is 8. The van der Waals surface area contributed by atoms with Gasteiger partial charge >= 0.3 is 21.7 Å². The number of halogens is 4. The molecule has 0 spiro atoms. The Hall–Kier alpha value is -3.61. The summed E-state index contributed by atoms with van der Waals surface area (Å²) in [6, 6.07) is 17.5. The van der Waals surface area contributed by atoms with Crippen molar-refractivity contribution in [3.63, 3.8) is 0 Å². The predicted octanol–water partition coefficient (Wildman–Crippen LogP) is 9.35. The van der Waals surface area contributed by atoms with Crippen LogP contribution >= 0.6 is 0 Å². The number of nitrogens with zero attached hydrogens (tertiary/aromatic N) is 2. The second-order valence-electron chi connectivity index (χ2n) is 9.66. The molecule has 7 heteroatoms. The molecule has 0 radical (unpaired) electrons. The molecule has 220 valence electrons. The van der Waals surface area contributed by atoms with Crippen LogP contribution in [-0.4, -0.2) is 9.13 Å². The first kappa shape index (κ1) is 35.6. The maximum absolute atomic E-state index is 13.3. The summed E-state index contributed by atoms with van der Waals surface area (Å²) in [4.78, 5) is 0. The zero-order valence-electron chi connectivity index (χ0n) is 24.3. The molecular weight excluding hydrogens is 584 g/mol. The van der Waals surface area contributed by atoms with Crippen LogP contribution in [0.25, 0.3) is 0 Å². The molecule has 2 heterocycles. The summed E-state index contributed by atoms with van der Waals surface area (Å²) in [6.45, 7) is 3.98. The minimum absolute atomic E-state index is 0. The van der Waals surface area contributed by atoms with E-state index in [0.29, 0.717) is 24.0 Å². The number of hydrogen-bond donors (Lipinski definition) is 0. The largest absolute Gasteiger partial charge is 4.00 e. The third kappa shape index (κ3) is 13.1. The summed E-state index contributed by atoms with van der Waals surface area (Å²) >= 11 is 0. The van der Waals surface area contributed by atoms with Crippen LogP contribution in [0.15, 0.2) is 110 Å². The van der Waals surface area contributed by atoms with Crippen LogP contribution in [-0.2, 0) is 34.6 Å². The Kier molecular flexibility index (Phi) is 16.2. The molecule has 0 N–H and O–H groups in total. The molecule has 0 bridgehead atoms.